The van der Waals surface area contributed by atoms with Crippen molar-refractivity contribution in [1.29, 1.82) is 0 Å². The summed E-state index contributed by atoms with van der Waals surface area (Å²) in [7, 11) is 0. The van der Waals surface area contributed by atoms with Crippen LogP contribution in [0.25, 0.3) is 0 Å². The fourth-order valence-corrected chi connectivity index (χ4v) is 2.01. The van der Waals surface area contributed by atoms with Crippen molar-refractivity contribution >= 4 is 0 Å². The predicted molar refractivity (Wildman–Crippen MR) is 61.5 cm³/mol. The van der Waals surface area contributed by atoms with Gasteiger partial charge in [-0.1, -0.05) is 18.1 Å². The molecule has 0 heterocycles. The van der Waals surface area contributed by atoms with Crippen molar-refractivity contribution in [3.63, 3.8) is 0 Å². The first-order chi connectivity index (χ1) is 6.47. The summed E-state index contributed by atoms with van der Waals surface area (Å²) in [4.78, 5) is 0. The van der Waals surface area contributed by atoms with Crippen LogP contribution >= 0.6 is 0 Å². The van der Waals surface area contributed by atoms with Gasteiger partial charge in [0.2, 0.25) is 0 Å². The number of allylic oxidation sites excluding steroid dienone is 1. The molecule has 0 fully saturated rings. The monoisotopic (exact) mass is 196 g/mol. The molecule has 0 radical (unpaired) electrons. The smallest absolute Gasteiger partial charge is 0.0619 e. The van der Waals surface area contributed by atoms with Crippen LogP contribution in [-0.2, 0) is 4.74 Å². The maximum absolute atomic E-state index is 6.04. The van der Waals surface area contributed by atoms with Crippen molar-refractivity contribution in [1.82, 2.24) is 0 Å². The summed E-state index contributed by atoms with van der Waals surface area (Å²) in [6.07, 6.45) is 9.05. The van der Waals surface area contributed by atoms with Crippen molar-refractivity contribution in [2.45, 2.75) is 71.5 Å². The highest BCUT2D eigenvalue weighted by Gasteiger charge is 2.19. The molecule has 1 aliphatic carbocycles. The zero-order valence-electron chi connectivity index (χ0n) is 10.1. The molecule has 0 aliphatic heterocycles. The second-order valence-corrected chi connectivity index (χ2v) is 5.39. The Morgan fingerprint density at radius 3 is 2.64 bits per heavy atom. The molecule has 1 nitrogen and oxygen atoms in total. The molecule has 0 bridgehead atoms. The minimum absolute atomic E-state index is 0.00411. The van der Waals surface area contributed by atoms with Gasteiger partial charge in [-0.05, 0) is 53.4 Å². The summed E-state index contributed by atoms with van der Waals surface area (Å²) < 4.78 is 6.04. The van der Waals surface area contributed by atoms with Gasteiger partial charge in [-0.3, -0.25) is 0 Å². The molecule has 1 unspecified atom stereocenters. The summed E-state index contributed by atoms with van der Waals surface area (Å²) in [5.74, 6) is 0. The van der Waals surface area contributed by atoms with Crippen LogP contribution in [0.5, 0.6) is 0 Å². The van der Waals surface area contributed by atoms with Gasteiger partial charge in [0.15, 0.2) is 0 Å². The Kier molecular flexibility index (Phi) is 4.18. The average Bonchev–Trinajstić information content (AvgIpc) is 1.96. The summed E-state index contributed by atoms with van der Waals surface area (Å²) in [5, 5.41) is 0. The fourth-order valence-electron chi connectivity index (χ4n) is 2.01. The molecule has 1 aliphatic rings. The van der Waals surface area contributed by atoms with Crippen LogP contribution in [0.4, 0.5) is 0 Å². The first kappa shape index (κ1) is 11.8. The van der Waals surface area contributed by atoms with Crippen molar-refractivity contribution in [3.8, 4) is 0 Å². The molecule has 0 amide bonds. The maximum Gasteiger partial charge on any atom is 0.0619 e. The third kappa shape index (κ3) is 4.80. The van der Waals surface area contributed by atoms with E-state index in [2.05, 4.69) is 33.8 Å². The van der Waals surface area contributed by atoms with Crippen molar-refractivity contribution < 1.29 is 4.74 Å². The Bertz CT molecular complexity index is 198. The molecule has 1 rings (SSSR count). The molecular weight excluding hydrogens is 172 g/mol. The summed E-state index contributed by atoms with van der Waals surface area (Å²) in [6.45, 7) is 8.66. The largest absolute Gasteiger partial charge is 0.372 e. The van der Waals surface area contributed by atoms with Crippen molar-refractivity contribution in [3.05, 3.63) is 11.6 Å². The summed E-state index contributed by atoms with van der Waals surface area (Å²) in [5.41, 5.74) is 1.50. The molecular formula is C13H24O. The van der Waals surface area contributed by atoms with Crippen molar-refractivity contribution in [2.24, 2.45) is 0 Å². The van der Waals surface area contributed by atoms with E-state index in [-0.39, 0.29) is 5.60 Å². The average molecular weight is 196 g/mol. The Hall–Kier alpha value is -0.300. The zero-order valence-corrected chi connectivity index (χ0v) is 10.1. The molecule has 1 heteroatoms. The Balaban J connectivity index is 2.50. The first-order valence-corrected chi connectivity index (χ1v) is 5.81. The van der Waals surface area contributed by atoms with Crippen LogP contribution in [0.3, 0.4) is 0 Å². The van der Waals surface area contributed by atoms with Crippen LogP contribution in [0.1, 0.15) is 59.8 Å². The van der Waals surface area contributed by atoms with Gasteiger partial charge in [-0.25, -0.2) is 0 Å². The van der Waals surface area contributed by atoms with E-state index in [9.17, 15) is 0 Å². The van der Waals surface area contributed by atoms with Crippen LogP contribution in [0, 0.1) is 0 Å². The van der Waals surface area contributed by atoms with Gasteiger partial charge in [0.05, 0.1) is 11.7 Å². The van der Waals surface area contributed by atoms with Gasteiger partial charge in [0.25, 0.3) is 0 Å². The minimum atomic E-state index is 0.00411. The lowest BCUT2D eigenvalue weighted by atomic mass is 9.98. The lowest BCUT2D eigenvalue weighted by molar-refractivity contribution is -0.0634. The van der Waals surface area contributed by atoms with E-state index >= 15 is 0 Å². The number of rotatable bonds is 1. The van der Waals surface area contributed by atoms with Gasteiger partial charge in [-0.2, -0.15) is 0 Å². The zero-order chi connectivity index (χ0) is 10.6. The van der Waals surface area contributed by atoms with Gasteiger partial charge < -0.3 is 4.74 Å². The quantitative estimate of drug-likeness (QED) is 0.574. The predicted octanol–water partition coefficient (Wildman–Crippen LogP) is 4.08. The molecule has 14 heavy (non-hydrogen) atoms. The highest BCUT2D eigenvalue weighted by molar-refractivity contribution is 5.01. The van der Waals surface area contributed by atoms with Gasteiger partial charge in [0, 0.05) is 0 Å². The molecule has 0 N–H and O–H groups in total. The van der Waals surface area contributed by atoms with E-state index in [1.807, 2.05) is 0 Å². The van der Waals surface area contributed by atoms with Gasteiger partial charge in [-0.15, -0.1) is 0 Å². The van der Waals surface area contributed by atoms with Crippen LogP contribution in [0.2, 0.25) is 0 Å². The Morgan fingerprint density at radius 2 is 2.00 bits per heavy atom. The minimum Gasteiger partial charge on any atom is -0.372 e. The summed E-state index contributed by atoms with van der Waals surface area (Å²) >= 11 is 0. The molecule has 1 atom stereocenters. The molecule has 0 aromatic rings. The van der Waals surface area contributed by atoms with Crippen LogP contribution < -0.4 is 0 Å². The number of ether oxygens (including phenoxy) is 1. The number of hydrogen-bond acceptors (Lipinski definition) is 1. The molecule has 0 saturated heterocycles. The topological polar surface area (TPSA) is 9.23 Å². The van der Waals surface area contributed by atoms with E-state index < -0.39 is 0 Å². The molecule has 0 aromatic carbocycles. The second-order valence-electron chi connectivity index (χ2n) is 5.39. The van der Waals surface area contributed by atoms with Gasteiger partial charge in [0.1, 0.15) is 0 Å². The number of hydrogen-bond donors (Lipinski definition) is 0. The first-order valence-electron chi connectivity index (χ1n) is 5.81. The maximum atomic E-state index is 6.04. The van der Waals surface area contributed by atoms with Crippen LogP contribution in [0.15, 0.2) is 11.6 Å². The lowest BCUT2D eigenvalue weighted by Gasteiger charge is -2.28. The molecule has 0 spiro atoms. The Morgan fingerprint density at radius 1 is 1.29 bits per heavy atom. The highest BCUT2D eigenvalue weighted by Crippen LogP contribution is 2.23. The Labute approximate surface area is 88.5 Å². The van der Waals surface area contributed by atoms with E-state index in [0.29, 0.717) is 6.10 Å². The molecule has 82 valence electrons. The molecule has 0 saturated carbocycles. The fraction of sp³-hybridized carbons (Fsp3) is 0.846. The normalized spacial score (nSPS) is 25.1. The van der Waals surface area contributed by atoms with Crippen LogP contribution in [-0.4, -0.2) is 11.7 Å². The van der Waals surface area contributed by atoms with E-state index in [1.54, 1.807) is 0 Å². The molecule has 0 aromatic heterocycles. The van der Waals surface area contributed by atoms with E-state index in [0.717, 1.165) is 6.42 Å². The SMILES string of the molecule is CC1=CCCCCC(OC(C)(C)C)C1. The summed E-state index contributed by atoms with van der Waals surface area (Å²) in [6, 6.07) is 0. The van der Waals surface area contributed by atoms with E-state index in [4.69, 9.17) is 4.74 Å². The standard InChI is InChI=1S/C13H24O/c1-11-8-6-5-7-9-12(10-11)14-13(2,3)4/h8,12H,5-7,9-10H2,1-4H3. The van der Waals surface area contributed by atoms with Crippen molar-refractivity contribution in [2.75, 3.05) is 0 Å². The van der Waals surface area contributed by atoms with Gasteiger partial charge >= 0.3 is 0 Å². The van der Waals surface area contributed by atoms with E-state index in [1.165, 1.54) is 31.3 Å². The highest BCUT2D eigenvalue weighted by atomic mass is 16.5. The third-order valence-electron chi connectivity index (χ3n) is 2.54. The second kappa shape index (κ2) is 4.97. The third-order valence-corrected chi connectivity index (χ3v) is 2.54. The lowest BCUT2D eigenvalue weighted by Crippen LogP contribution is -2.28.